The van der Waals surface area contributed by atoms with Gasteiger partial charge in [0.25, 0.3) is 0 Å². The van der Waals surface area contributed by atoms with Crippen LogP contribution in [0.25, 0.3) is 16.9 Å². The van der Waals surface area contributed by atoms with Crippen molar-refractivity contribution in [3.63, 3.8) is 0 Å². The fourth-order valence-corrected chi connectivity index (χ4v) is 1.92. The van der Waals surface area contributed by atoms with E-state index in [0.717, 1.165) is 23.5 Å². The number of nitrogens with zero attached hydrogens (tertiary/aromatic N) is 5. The van der Waals surface area contributed by atoms with E-state index < -0.39 is 0 Å². The summed E-state index contributed by atoms with van der Waals surface area (Å²) in [5.41, 5.74) is 8.53. The second-order valence-electron chi connectivity index (χ2n) is 4.17. The number of pyridine rings is 1. The number of nitrogen functional groups attached to an aromatic ring is 1. The molecule has 2 N–H and O–H groups in total. The molecule has 3 aromatic heterocycles. The maximum Gasteiger partial charge on any atom is 0.123 e. The molecule has 0 saturated carbocycles. The molecule has 0 amide bonds. The van der Waals surface area contributed by atoms with E-state index in [9.17, 15) is 0 Å². The molecule has 0 bridgehead atoms. The van der Waals surface area contributed by atoms with Crippen molar-refractivity contribution in [2.24, 2.45) is 0 Å². The van der Waals surface area contributed by atoms with Crippen LogP contribution in [0.5, 0.6) is 0 Å². The molecule has 3 aromatic rings. The Balaban J connectivity index is 2.04. The zero-order valence-electron chi connectivity index (χ0n) is 10.6. The number of hydrogen-bond acceptors (Lipinski definition) is 4. The number of aryl methyl sites for hydroxylation is 1. The quantitative estimate of drug-likeness (QED) is 0.772. The third-order valence-corrected chi connectivity index (χ3v) is 2.94. The summed E-state index contributed by atoms with van der Waals surface area (Å²) in [4.78, 5) is 8.30. The van der Waals surface area contributed by atoms with Crippen molar-refractivity contribution in [1.82, 2.24) is 24.3 Å². The molecule has 96 valence electrons. The van der Waals surface area contributed by atoms with E-state index in [4.69, 9.17) is 5.73 Å². The van der Waals surface area contributed by atoms with E-state index in [-0.39, 0.29) is 0 Å². The lowest BCUT2D eigenvalue weighted by Gasteiger charge is -2.06. The normalized spacial score (nSPS) is 10.8. The lowest BCUT2D eigenvalue weighted by Crippen LogP contribution is -1.97. The fourth-order valence-electron chi connectivity index (χ4n) is 1.92. The van der Waals surface area contributed by atoms with Crippen LogP contribution in [0, 0.1) is 0 Å². The largest absolute Gasteiger partial charge is 0.384 e. The Morgan fingerprint density at radius 1 is 1.21 bits per heavy atom. The van der Waals surface area contributed by atoms with Crippen LogP contribution in [-0.2, 0) is 6.54 Å². The molecular formula is C13H14N6. The summed E-state index contributed by atoms with van der Waals surface area (Å²) in [5, 5.41) is 4.28. The molecule has 0 aliphatic carbocycles. The second kappa shape index (κ2) is 4.56. The number of hydrogen-bond donors (Lipinski definition) is 1. The summed E-state index contributed by atoms with van der Waals surface area (Å²) in [6, 6.07) is 3.69. The Morgan fingerprint density at radius 2 is 2.11 bits per heavy atom. The monoisotopic (exact) mass is 254 g/mol. The van der Waals surface area contributed by atoms with Crippen LogP contribution in [0.1, 0.15) is 6.92 Å². The van der Waals surface area contributed by atoms with Gasteiger partial charge in [0, 0.05) is 18.3 Å². The van der Waals surface area contributed by atoms with Crippen LogP contribution in [0.4, 0.5) is 5.82 Å². The first kappa shape index (κ1) is 11.5. The second-order valence-corrected chi connectivity index (χ2v) is 4.17. The Labute approximate surface area is 110 Å². The van der Waals surface area contributed by atoms with E-state index in [1.54, 1.807) is 18.6 Å². The molecule has 0 aromatic carbocycles. The van der Waals surface area contributed by atoms with E-state index >= 15 is 0 Å². The van der Waals surface area contributed by atoms with Crippen LogP contribution < -0.4 is 5.73 Å². The van der Waals surface area contributed by atoms with Gasteiger partial charge in [0.15, 0.2) is 0 Å². The van der Waals surface area contributed by atoms with Gasteiger partial charge in [-0.05, 0) is 19.1 Å². The molecule has 0 unspecified atom stereocenters. The van der Waals surface area contributed by atoms with Crippen molar-refractivity contribution < 1.29 is 0 Å². The smallest absolute Gasteiger partial charge is 0.123 e. The first-order chi connectivity index (χ1) is 9.28. The highest BCUT2D eigenvalue weighted by Gasteiger charge is 2.09. The summed E-state index contributed by atoms with van der Waals surface area (Å²) >= 11 is 0. The zero-order chi connectivity index (χ0) is 13.2. The van der Waals surface area contributed by atoms with Crippen molar-refractivity contribution in [3.05, 3.63) is 43.2 Å². The number of imidazole rings is 1. The van der Waals surface area contributed by atoms with Gasteiger partial charge in [-0.15, -0.1) is 0 Å². The first-order valence-corrected chi connectivity index (χ1v) is 6.05. The molecule has 19 heavy (non-hydrogen) atoms. The maximum absolute atomic E-state index is 5.60. The number of anilines is 1. The van der Waals surface area contributed by atoms with Crippen LogP contribution in [0.3, 0.4) is 0 Å². The standard InChI is InChI=1S/C13H14N6/c1-2-18-8-10(5-17-18)12-7-15-9-19(12)11-3-4-13(14)16-6-11/h3-9H,2H2,1H3,(H2,14,16). The molecule has 3 rings (SSSR count). The SMILES string of the molecule is CCn1cc(-c2cncn2-c2ccc(N)nc2)cn1. The highest BCUT2D eigenvalue weighted by atomic mass is 15.3. The molecule has 3 heterocycles. The minimum Gasteiger partial charge on any atom is -0.384 e. The van der Waals surface area contributed by atoms with Gasteiger partial charge >= 0.3 is 0 Å². The van der Waals surface area contributed by atoms with Crippen molar-refractivity contribution in [1.29, 1.82) is 0 Å². The summed E-state index contributed by atoms with van der Waals surface area (Å²) in [7, 11) is 0. The zero-order valence-corrected chi connectivity index (χ0v) is 10.6. The molecule has 0 radical (unpaired) electrons. The van der Waals surface area contributed by atoms with Gasteiger partial charge in [0.05, 0.1) is 36.3 Å². The lowest BCUT2D eigenvalue weighted by molar-refractivity contribution is 0.660. The lowest BCUT2D eigenvalue weighted by atomic mass is 10.2. The van der Waals surface area contributed by atoms with Gasteiger partial charge in [-0.1, -0.05) is 0 Å². The highest BCUT2D eigenvalue weighted by molar-refractivity contribution is 5.60. The van der Waals surface area contributed by atoms with E-state index in [2.05, 4.69) is 22.0 Å². The molecule has 0 spiro atoms. The maximum atomic E-state index is 5.60. The number of rotatable bonds is 3. The molecule has 0 atom stereocenters. The average Bonchev–Trinajstić information content (AvgIpc) is 3.07. The molecule has 0 fully saturated rings. The molecular weight excluding hydrogens is 240 g/mol. The Bertz CT molecular complexity index is 679. The first-order valence-electron chi connectivity index (χ1n) is 6.05. The Hall–Kier alpha value is -2.63. The van der Waals surface area contributed by atoms with Gasteiger partial charge in [-0.3, -0.25) is 9.25 Å². The summed E-state index contributed by atoms with van der Waals surface area (Å²) in [6.45, 7) is 2.90. The van der Waals surface area contributed by atoms with Crippen LogP contribution >= 0.6 is 0 Å². The molecule has 6 heteroatoms. The predicted octanol–water partition coefficient (Wildman–Crippen LogP) is 1.73. The van der Waals surface area contributed by atoms with Gasteiger partial charge in [0.2, 0.25) is 0 Å². The Kier molecular flexibility index (Phi) is 2.75. The van der Waals surface area contributed by atoms with Gasteiger partial charge < -0.3 is 5.73 Å². The highest BCUT2D eigenvalue weighted by Crippen LogP contribution is 2.22. The summed E-state index contributed by atoms with van der Waals surface area (Å²) in [6.07, 6.45) is 9.13. The molecule has 0 aliphatic rings. The summed E-state index contributed by atoms with van der Waals surface area (Å²) in [5.74, 6) is 0.504. The molecule has 0 saturated heterocycles. The number of nitrogens with two attached hydrogens (primary N) is 1. The van der Waals surface area contributed by atoms with Gasteiger partial charge in [-0.2, -0.15) is 5.10 Å². The fraction of sp³-hybridized carbons (Fsp3) is 0.154. The van der Waals surface area contributed by atoms with Crippen LogP contribution in [0.2, 0.25) is 0 Å². The van der Waals surface area contributed by atoms with E-state index in [0.29, 0.717) is 5.82 Å². The van der Waals surface area contributed by atoms with Crippen molar-refractivity contribution in [3.8, 4) is 16.9 Å². The van der Waals surface area contributed by atoms with Crippen molar-refractivity contribution in [2.75, 3.05) is 5.73 Å². The third-order valence-electron chi connectivity index (χ3n) is 2.94. The average molecular weight is 254 g/mol. The van der Waals surface area contributed by atoms with Gasteiger partial charge in [0.1, 0.15) is 5.82 Å². The van der Waals surface area contributed by atoms with Gasteiger partial charge in [-0.25, -0.2) is 9.97 Å². The van der Waals surface area contributed by atoms with Crippen molar-refractivity contribution in [2.45, 2.75) is 13.5 Å². The van der Waals surface area contributed by atoms with E-state index in [1.165, 1.54) is 0 Å². The minimum atomic E-state index is 0.504. The topological polar surface area (TPSA) is 74.5 Å². The molecule has 6 nitrogen and oxygen atoms in total. The van der Waals surface area contributed by atoms with Crippen LogP contribution in [0.15, 0.2) is 43.2 Å². The Morgan fingerprint density at radius 3 is 2.79 bits per heavy atom. The number of aromatic nitrogens is 5. The summed E-state index contributed by atoms with van der Waals surface area (Å²) < 4.78 is 3.84. The third kappa shape index (κ3) is 2.08. The van der Waals surface area contributed by atoms with E-state index in [1.807, 2.05) is 33.9 Å². The predicted molar refractivity (Wildman–Crippen MR) is 72.7 cm³/mol. The van der Waals surface area contributed by atoms with Crippen molar-refractivity contribution >= 4 is 5.82 Å². The molecule has 0 aliphatic heterocycles. The van der Waals surface area contributed by atoms with Crippen LogP contribution in [-0.4, -0.2) is 24.3 Å². The minimum absolute atomic E-state index is 0.504.